The first-order valence-electron chi connectivity index (χ1n) is 5.15. The van der Waals surface area contributed by atoms with Crippen LogP contribution in [0.25, 0.3) is 21.7 Å². The Kier molecular flexibility index (Phi) is 1.80. The molecule has 2 N–H and O–H groups in total. The number of benzene rings is 1. The smallest absolute Gasteiger partial charge is 0.127 e. The topological polar surface area (TPSA) is 51.8 Å². The first-order chi connectivity index (χ1) is 7.75. The van der Waals surface area contributed by atoms with Crippen LogP contribution in [0.15, 0.2) is 36.7 Å². The fourth-order valence-electron chi connectivity index (χ4n) is 1.93. The van der Waals surface area contributed by atoms with Gasteiger partial charge < -0.3 is 5.73 Å². The van der Waals surface area contributed by atoms with Crippen LogP contribution in [-0.4, -0.2) is 9.97 Å². The van der Waals surface area contributed by atoms with E-state index in [9.17, 15) is 0 Å². The number of hydrogen-bond donors (Lipinski definition) is 1. The summed E-state index contributed by atoms with van der Waals surface area (Å²) in [7, 11) is 0. The van der Waals surface area contributed by atoms with E-state index in [4.69, 9.17) is 5.73 Å². The standard InChI is InChI=1S/C13H11N3/c1-8-6-9-2-3-10-7-15-5-4-11(10)12(9)16-13(8)14/h2-7H,1H3,(H2,14,16). The number of aromatic nitrogens is 2. The van der Waals surface area contributed by atoms with Crippen molar-refractivity contribution in [3.05, 3.63) is 42.2 Å². The number of anilines is 1. The van der Waals surface area contributed by atoms with E-state index in [0.29, 0.717) is 5.82 Å². The first kappa shape index (κ1) is 9.09. The van der Waals surface area contributed by atoms with Crippen LogP contribution in [0.1, 0.15) is 5.56 Å². The van der Waals surface area contributed by atoms with Crippen LogP contribution in [0.3, 0.4) is 0 Å². The van der Waals surface area contributed by atoms with Gasteiger partial charge in [0.05, 0.1) is 5.52 Å². The van der Waals surface area contributed by atoms with Crippen LogP contribution >= 0.6 is 0 Å². The minimum Gasteiger partial charge on any atom is -0.383 e. The lowest BCUT2D eigenvalue weighted by Gasteiger charge is -2.05. The van der Waals surface area contributed by atoms with E-state index in [-0.39, 0.29) is 0 Å². The maximum absolute atomic E-state index is 5.85. The average molecular weight is 209 g/mol. The van der Waals surface area contributed by atoms with Crippen molar-refractivity contribution in [1.29, 1.82) is 0 Å². The summed E-state index contributed by atoms with van der Waals surface area (Å²) in [6.45, 7) is 1.97. The Bertz CT molecular complexity index is 689. The molecule has 3 nitrogen and oxygen atoms in total. The maximum atomic E-state index is 5.85. The van der Waals surface area contributed by atoms with Crippen LogP contribution < -0.4 is 5.73 Å². The van der Waals surface area contributed by atoms with Gasteiger partial charge in [-0.1, -0.05) is 12.1 Å². The molecular weight excluding hydrogens is 198 g/mol. The quantitative estimate of drug-likeness (QED) is 0.579. The maximum Gasteiger partial charge on any atom is 0.127 e. The molecule has 0 aliphatic carbocycles. The van der Waals surface area contributed by atoms with Crippen molar-refractivity contribution in [3.8, 4) is 0 Å². The Labute approximate surface area is 92.9 Å². The summed E-state index contributed by atoms with van der Waals surface area (Å²) in [4.78, 5) is 8.55. The molecule has 0 radical (unpaired) electrons. The number of hydrogen-bond acceptors (Lipinski definition) is 3. The van der Waals surface area contributed by atoms with Crippen molar-refractivity contribution in [2.24, 2.45) is 0 Å². The molecule has 3 heteroatoms. The second-order valence-electron chi connectivity index (χ2n) is 3.92. The predicted molar refractivity (Wildman–Crippen MR) is 66.2 cm³/mol. The van der Waals surface area contributed by atoms with Crippen molar-refractivity contribution in [2.75, 3.05) is 5.73 Å². The van der Waals surface area contributed by atoms with E-state index in [1.54, 1.807) is 6.20 Å². The Morgan fingerprint density at radius 3 is 2.81 bits per heavy atom. The molecule has 0 saturated carbocycles. The molecule has 0 unspecified atom stereocenters. The van der Waals surface area contributed by atoms with Crippen LogP contribution in [0.4, 0.5) is 5.82 Å². The van der Waals surface area contributed by atoms with Crippen molar-refractivity contribution >= 4 is 27.5 Å². The molecule has 0 amide bonds. The van der Waals surface area contributed by atoms with Gasteiger partial charge in [-0.25, -0.2) is 4.98 Å². The van der Waals surface area contributed by atoms with Crippen molar-refractivity contribution < 1.29 is 0 Å². The lowest BCUT2D eigenvalue weighted by atomic mass is 10.1. The Morgan fingerprint density at radius 2 is 1.94 bits per heavy atom. The number of rotatable bonds is 0. The largest absolute Gasteiger partial charge is 0.383 e. The SMILES string of the molecule is Cc1cc2ccc3cnccc3c2nc1N. The summed E-state index contributed by atoms with van der Waals surface area (Å²) in [6, 6.07) is 8.15. The number of aryl methyl sites for hydroxylation is 1. The molecule has 16 heavy (non-hydrogen) atoms. The van der Waals surface area contributed by atoms with Crippen LogP contribution in [0.5, 0.6) is 0 Å². The van der Waals surface area contributed by atoms with Crippen molar-refractivity contribution in [2.45, 2.75) is 6.92 Å². The van der Waals surface area contributed by atoms with Gasteiger partial charge in [0.1, 0.15) is 5.82 Å². The summed E-state index contributed by atoms with van der Waals surface area (Å²) >= 11 is 0. The summed E-state index contributed by atoms with van der Waals surface area (Å²) < 4.78 is 0. The van der Waals surface area contributed by atoms with E-state index in [2.05, 4.69) is 28.2 Å². The minimum absolute atomic E-state index is 0.594. The van der Waals surface area contributed by atoms with Gasteiger partial charge in [0, 0.05) is 28.6 Å². The van der Waals surface area contributed by atoms with Gasteiger partial charge >= 0.3 is 0 Å². The minimum atomic E-state index is 0.594. The van der Waals surface area contributed by atoms with Crippen LogP contribution in [-0.2, 0) is 0 Å². The second kappa shape index (κ2) is 3.17. The van der Waals surface area contributed by atoms with Gasteiger partial charge in [0.2, 0.25) is 0 Å². The average Bonchev–Trinajstić information content (AvgIpc) is 2.31. The third-order valence-corrected chi connectivity index (χ3v) is 2.83. The van der Waals surface area contributed by atoms with Crippen LogP contribution in [0, 0.1) is 6.92 Å². The van der Waals surface area contributed by atoms with Crippen molar-refractivity contribution in [3.63, 3.8) is 0 Å². The summed E-state index contributed by atoms with van der Waals surface area (Å²) in [6.07, 6.45) is 3.62. The first-order valence-corrected chi connectivity index (χ1v) is 5.15. The molecule has 0 bridgehead atoms. The molecule has 2 aromatic heterocycles. The summed E-state index contributed by atoms with van der Waals surface area (Å²) in [5.41, 5.74) is 7.81. The zero-order valence-electron chi connectivity index (χ0n) is 8.94. The monoisotopic (exact) mass is 209 g/mol. The van der Waals surface area contributed by atoms with Gasteiger partial charge in [0.15, 0.2) is 0 Å². The fourth-order valence-corrected chi connectivity index (χ4v) is 1.93. The number of fused-ring (bicyclic) bond motifs is 3. The van der Waals surface area contributed by atoms with E-state index >= 15 is 0 Å². The fraction of sp³-hybridized carbons (Fsp3) is 0.0769. The molecule has 0 spiro atoms. The molecular formula is C13H11N3. The zero-order valence-corrected chi connectivity index (χ0v) is 8.94. The molecule has 0 aliphatic rings. The van der Waals surface area contributed by atoms with E-state index < -0.39 is 0 Å². The number of pyridine rings is 2. The Hall–Kier alpha value is -2.16. The normalized spacial score (nSPS) is 11.1. The molecule has 0 atom stereocenters. The number of nitrogen functional groups attached to an aromatic ring is 1. The molecule has 3 aromatic rings. The highest BCUT2D eigenvalue weighted by atomic mass is 14.8. The molecule has 0 saturated heterocycles. The third kappa shape index (κ3) is 1.21. The second-order valence-corrected chi connectivity index (χ2v) is 3.92. The highest BCUT2D eigenvalue weighted by Gasteiger charge is 2.04. The highest BCUT2D eigenvalue weighted by Crippen LogP contribution is 2.25. The highest BCUT2D eigenvalue weighted by molar-refractivity contribution is 6.05. The predicted octanol–water partition coefficient (Wildman–Crippen LogP) is 2.67. The molecule has 0 aliphatic heterocycles. The van der Waals surface area contributed by atoms with E-state index in [1.807, 2.05) is 19.2 Å². The Balaban J connectivity index is 2.55. The summed E-state index contributed by atoms with van der Waals surface area (Å²) in [5, 5.41) is 3.30. The molecule has 1 aromatic carbocycles. The lowest BCUT2D eigenvalue weighted by Crippen LogP contribution is -1.94. The van der Waals surface area contributed by atoms with Gasteiger partial charge in [0.25, 0.3) is 0 Å². The van der Waals surface area contributed by atoms with Gasteiger partial charge in [-0.3, -0.25) is 4.98 Å². The third-order valence-electron chi connectivity index (χ3n) is 2.83. The molecule has 78 valence electrons. The van der Waals surface area contributed by atoms with Crippen LogP contribution in [0.2, 0.25) is 0 Å². The number of nitrogens with two attached hydrogens (primary N) is 1. The van der Waals surface area contributed by atoms with E-state index in [0.717, 1.165) is 27.2 Å². The van der Waals surface area contributed by atoms with E-state index in [1.165, 1.54) is 0 Å². The molecule has 3 rings (SSSR count). The molecule has 0 fully saturated rings. The van der Waals surface area contributed by atoms with Gasteiger partial charge in [-0.05, 0) is 24.6 Å². The van der Waals surface area contributed by atoms with Crippen molar-refractivity contribution in [1.82, 2.24) is 9.97 Å². The van der Waals surface area contributed by atoms with Gasteiger partial charge in [-0.2, -0.15) is 0 Å². The molecule has 2 heterocycles. The Morgan fingerprint density at radius 1 is 1.12 bits per heavy atom. The number of nitrogens with zero attached hydrogens (tertiary/aromatic N) is 2. The zero-order chi connectivity index (χ0) is 11.1. The summed E-state index contributed by atoms with van der Waals surface area (Å²) in [5.74, 6) is 0.594. The van der Waals surface area contributed by atoms with Gasteiger partial charge in [-0.15, -0.1) is 0 Å². The lowest BCUT2D eigenvalue weighted by molar-refractivity contribution is 1.34.